The van der Waals surface area contributed by atoms with Gasteiger partial charge in [0, 0.05) is 12.1 Å². The molecule has 0 aromatic heterocycles. The van der Waals surface area contributed by atoms with Crippen molar-refractivity contribution in [3.05, 3.63) is 35.4 Å². The Hall–Kier alpha value is -2.58. The van der Waals surface area contributed by atoms with Gasteiger partial charge >= 0.3 is 12.1 Å². The minimum atomic E-state index is -4.49. The van der Waals surface area contributed by atoms with Crippen molar-refractivity contribution in [1.29, 1.82) is 0 Å². The summed E-state index contributed by atoms with van der Waals surface area (Å²) in [7, 11) is 0. The lowest BCUT2D eigenvalue weighted by Crippen LogP contribution is -2.34. The highest BCUT2D eigenvalue weighted by molar-refractivity contribution is 5.96. The maximum Gasteiger partial charge on any atom is 0.416 e. The molecular weight excluding hydrogens is 353 g/mol. The first kappa shape index (κ1) is 21.5. The van der Waals surface area contributed by atoms with Gasteiger partial charge in [0.1, 0.15) is 6.54 Å². The smallest absolute Gasteiger partial charge is 0.416 e. The number of carbonyl (C=O) groups is 3. The van der Waals surface area contributed by atoms with E-state index >= 15 is 0 Å². The van der Waals surface area contributed by atoms with Crippen molar-refractivity contribution in [3.8, 4) is 0 Å². The molecular formula is C17H21F3N2O4. The fourth-order valence-corrected chi connectivity index (χ4v) is 1.81. The van der Waals surface area contributed by atoms with Crippen LogP contribution >= 0.6 is 0 Å². The summed E-state index contributed by atoms with van der Waals surface area (Å²) in [4.78, 5) is 34.7. The zero-order chi connectivity index (χ0) is 19.7. The quantitative estimate of drug-likeness (QED) is 0.683. The molecule has 0 saturated carbocycles. The van der Waals surface area contributed by atoms with Gasteiger partial charge in [-0.15, -0.1) is 0 Å². The SMILES string of the molecule is CC(C)CCNC(=O)COC(=O)CNC(=O)c1ccc(C(F)(F)F)cc1. The van der Waals surface area contributed by atoms with Gasteiger partial charge in [-0.1, -0.05) is 13.8 Å². The lowest BCUT2D eigenvalue weighted by atomic mass is 10.1. The van der Waals surface area contributed by atoms with Crippen LogP contribution in [0.15, 0.2) is 24.3 Å². The number of halogens is 3. The predicted molar refractivity (Wildman–Crippen MR) is 87.2 cm³/mol. The molecule has 9 heteroatoms. The summed E-state index contributed by atoms with van der Waals surface area (Å²) >= 11 is 0. The number of hydrogen-bond acceptors (Lipinski definition) is 4. The molecule has 1 aromatic rings. The van der Waals surface area contributed by atoms with Crippen molar-refractivity contribution in [2.24, 2.45) is 5.92 Å². The second-order valence-corrected chi connectivity index (χ2v) is 5.95. The Morgan fingerprint density at radius 1 is 1.08 bits per heavy atom. The van der Waals surface area contributed by atoms with E-state index in [4.69, 9.17) is 4.74 Å². The van der Waals surface area contributed by atoms with Crippen LogP contribution in [0.2, 0.25) is 0 Å². The predicted octanol–water partition coefficient (Wildman–Crippen LogP) is 2.14. The fraction of sp³-hybridized carbons (Fsp3) is 0.471. The first-order chi connectivity index (χ1) is 12.1. The highest BCUT2D eigenvalue weighted by Crippen LogP contribution is 2.28. The number of alkyl halides is 3. The lowest BCUT2D eigenvalue weighted by Gasteiger charge is -2.09. The second kappa shape index (κ2) is 9.79. The summed E-state index contributed by atoms with van der Waals surface area (Å²) in [6.07, 6.45) is -3.70. The topological polar surface area (TPSA) is 84.5 Å². The molecule has 1 aromatic carbocycles. The minimum Gasteiger partial charge on any atom is -0.454 e. The highest BCUT2D eigenvalue weighted by atomic mass is 19.4. The molecule has 0 spiro atoms. The van der Waals surface area contributed by atoms with Crippen molar-refractivity contribution >= 4 is 17.8 Å². The molecule has 0 fully saturated rings. The van der Waals surface area contributed by atoms with Crippen LogP contribution in [-0.2, 0) is 20.5 Å². The summed E-state index contributed by atoms with van der Waals surface area (Å²) in [5.41, 5.74) is -0.908. The van der Waals surface area contributed by atoms with E-state index in [0.29, 0.717) is 12.5 Å². The molecule has 0 unspecified atom stereocenters. The first-order valence-corrected chi connectivity index (χ1v) is 7.97. The number of carbonyl (C=O) groups excluding carboxylic acids is 3. The van der Waals surface area contributed by atoms with Gasteiger partial charge in [-0.2, -0.15) is 13.2 Å². The molecule has 0 radical (unpaired) electrons. The minimum absolute atomic E-state index is 0.0303. The number of amides is 2. The van der Waals surface area contributed by atoms with Crippen molar-refractivity contribution in [1.82, 2.24) is 10.6 Å². The molecule has 0 heterocycles. The van der Waals surface area contributed by atoms with Crippen LogP contribution in [0.3, 0.4) is 0 Å². The summed E-state index contributed by atoms with van der Waals surface area (Å²) in [5, 5.41) is 4.79. The third-order valence-corrected chi connectivity index (χ3v) is 3.28. The van der Waals surface area contributed by atoms with E-state index in [1.54, 1.807) is 0 Å². The van der Waals surface area contributed by atoms with Gasteiger partial charge in [-0.25, -0.2) is 0 Å². The van der Waals surface area contributed by atoms with E-state index in [1.165, 1.54) is 0 Å². The molecule has 1 rings (SSSR count). The third kappa shape index (κ3) is 8.00. The molecule has 0 bridgehead atoms. The molecule has 144 valence electrons. The summed E-state index contributed by atoms with van der Waals surface area (Å²) in [5.74, 6) is -1.58. The second-order valence-electron chi connectivity index (χ2n) is 5.95. The Balaban J connectivity index is 2.33. The number of rotatable bonds is 8. The Morgan fingerprint density at radius 3 is 2.23 bits per heavy atom. The number of esters is 1. The maximum atomic E-state index is 12.4. The normalized spacial score (nSPS) is 11.2. The molecule has 6 nitrogen and oxygen atoms in total. The monoisotopic (exact) mass is 374 g/mol. The third-order valence-electron chi connectivity index (χ3n) is 3.28. The Bertz CT molecular complexity index is 628. The largest absolute Gasteiger partial charge is 0.454 e. The number of nitrogens with one attached hydrogen (secondary N) is 2. The van der Waals surface area contributed by atoms with Gasteiger partial charge in [0.15, 0.2) is 6.61 Å². The van der Waals surface area contributed by atoms with Crippen LogP contribution in [0.1, 0.15) is 36.2 Å². The number of hydrogen-bond donors (Lipinski definition) is 2. The fourth-order valence-electron chi connectivity index (χ4n) is 1.81. The molecule has 0 aliphatic rings. The summed E-state index contributed by atoms with van der Waals surface area (Å²) in [6, 6.07) is 3.56. The van der Waals surface area contributed by atoms with E-state index in [-0.39, 0.29) is 5.56 Å². The molecule has 0 atom stereocenters. The van der Waals surface area contributed by atoms with Crippen molar-refractivity contribution in [3.63, 3.8) is 0 Å². The summed E-state index contributed by atoms with van der Waals surface area (Å²) in [6.45, 7) is 3.52. The van der Waals surface area contributed by atoms with Crippen LogP contribution in [-0.4, -0.2) is 37.5 Å². The van der Waals surface area contributed by atoms with E-state index in [2.05, 4.69) is 10.6 Å². The Morgan fingerprint density at radius 2 is 1.69 bits per heavy atom. The van der Waals surface area contributed by atoms with Gasteiger partial charge in [0.2, 0.25) is 0 Å². The zero-order valence-electron chi connectivity index (χ0n) is 14.5. The van der Waals surface area contributed by atoms with Crippen LogP contribution in [0.25, 0.3) is 0 Å². The molecule has 0 saturated heterocycles. The Labute approximate surface area is 149 Å². The average molecular weight is 374 g/mol. The van der Waals surface area contributed by atoms with Crippen LogP contribution in [0.5, 0.6) is 0 Å². The van der Waals surface area contributed by atoms with E-state index in [1.807, 2.05) is 13.8 Å². The number of benzene rings is 1. The number of ether oxygens (including phenoxy) is 1. The van der Waals surface area contributed by atoms with E-state index < -0.39 is 42.7 Å². The molecule has 2 amide bonds. The van der Waals surface area contributed by atoms with Crippen molar-refractivity contribution in [2.45, 2.75) is 26.4 Å². The van der Waals surface area contributed by atoms with Gasteiger partial charge in [-0.05, 0) is 36.6 Å². The van der Waals surface area contributed by atoms with Gasteiger partial charge in [0.05, 0.1) is 5.56 Å². The van der Waals surface area contributed by atoms with Crippen LogP contribution in [0.4, 0.5) is 13.2 Å². The van der Waals surface area contributed by atoms with Gasteiger partial charge < -0.3 is 15.4 Å². The first-order valence-electron chi connectivity index (χ1n) is 7.97. The maximum absolute atomic E-state index is 12.4. The molecule has 0 aliphatic heterocycles. The van der Waals surface area contributed by atoms with Crippen molar-refractivity contribution < 1.29 is 32.3 Å². The van der Waals surface area contributed by atoms with Crippen molar-refractivity contribution in [2.75, 3.05) is 19.7 Å². The highest BCUT2D eigenvalue weighted by Gasteiger charge is 2.30. The van der Waals surface area contributed by atoms with E-state index in [0.717, 1.165) is 30.7 Å². The Kier molecular flexibility index (Phi) is 8.08. The lowest BCUT2D eigenvalue weighted by molar-refractivity contribution is -0.147. The van der Waals surface area contributed by atoms with Crippen LogP contribution in [0, 0.1) is 5.92 Å². The standard InChI is InChI=1S/C17H21F3N2O4/c1-11(2)7-8-21-14(23)10-26-15(24)9-22-16(25)12-3-5-13(6-4-12)17(18,19)20/h3-6,11H,7-10H2,1-2H3,(H,21,23)(H,22,25). The van der Waals surface area contributed by atoms with Gasteiger partial charge in [0.25, 0.3) is 11.8 Å². The molecule has 2 N–H and O–H groups in total. The average Bonchev–Trinajstić information content (AvgIpc) is 2.56. The zero-order valence-corrected chi connectivity index (χ0v) is 14.5. The van der Waals surface area contributed by atoms with E-state index in [9.17, 15) is 27.6 Å². The molecule has 0 aliphatic carbocycles. The van der Waals surface area contributed by atoms with Crippen LogP contribution < -0.4 is 10.6 Å². The molecule has 26 heavy (non-hydrogen) atoms. The van der Waals surface area contributed by atoms with Gasteiger partial charge in [-0.3, -0.25) is 14.4 Å². The summed E-state index contributed by atoms with van der Waals surface area (Å²) < 4.78 is 42.0.